The van der Waals surface area contributed by atoms with Crippen LogP contribution >= 0.6 is 0 Å². The van der Waals surface area contributed by atoms with Crippen molar-refractivity contribution in [2.75, 3.05) is 7.11 Å². The van der Waals surface area contributed by atoms with Gasteiger partial charge in [-0.2, -0.15) is 0 Å². The Bertz CT molecular complexity index is 419. The zero-order chi connectivity index (χ0) is 13.8. The highest BCUT2D eigenvalue weighted by molar-refractivity contribution is 5.43. The first-order valence-corrected chi connectivity index (χ1v) is 6.80. The maximum atomic E-state index is 10.0. The zero-order valence-corrected chi connectivity index (χ0v) is 11.5. The fourth-order valence-electron chi connectivity index (χ4n) is 2.56. The van der Waals surface area contributed by atoms with Gasteiger partial charge in [0.15, 0.2) is 0 Å². The van der Waals surface area contributed by atoms with E-state index >= 15 is 0 Å². The van der Waals surface area contributed by atoms with Gasteiger partial charge in [-0.15, -0.1) is 0 Å². The lowest BCUT2D eigenvalue weighted by Crippen LogP contribution is -2.27. The molecule has 1 aromatic carbocycles. The summed E-state index contributed by atoms with van der Waals surface area (Å²) in [6.45, 7) is 2.49. The SMILES string of the molecule is CCC[C@H](O)[C@H](O)C[C@H]1OCc2c(OC)cccc21. The second-order valence-corrected chi connectivity index (χ2v) is 4.99. The van der Waals surface area contributed by atoms with Crippen molar-refractivity contribution in [2.24, 2.45) is 0 Å². The number of hydrogen-bond donors (Lipinski definition) is 2. The van der Waals surface area contributed by atoms with Gasteiger partial charge in [0.1, 0.15) is 5.75 Å². The first kappa shape index (κ1) is 14.3. The third-order valence-corrected chi connectivity index (χ3v) is 3.65. The van der Waals surface area contributed by atoms with Crippen molar-refractivity contribution < 1.29 is 19.7 Å². The monoisotopic (exact) mass is 266 g/mol. The van der Waals surface area contributed by atoms with Crippen LogP contribution in [-0.2, 0) is 11.3 Å². The van der Waals surface area contributed by atoms with Gasteiger partial charge in [0.05, 0.1) is 32.0 Å². The summed E-state index contributed by atoms with van der Waals surface area (Å²) in [4.78, 5) is 0. The molecule has 0 spiro atoms. The summed E-state index contributed by atoms with van der Waals surface area (Å²) < 4.78 is 11.0. The van der Waals surface area contributed by atoms with Crippen LogP contribution in [0.15, 0.2) is 18.2 Å². The Balaban J connectivity index is 2.06. The van der Waals surface area contributed by atoms with E-state index in [2.05, 4.69) is 0 Å². The fraction of sp³-hybridized carbons (Fsp3) is 0.600. The van der Waals surface area contributed by atoms with E-state index in [9.17, 15) is 10.2 Å². The number of aliphatic hydroxyl groups is 2. The molecule has 0 fully saturated rings. The summed E-state index contributed by atoms with van der Waals surface area (Å²) in [5.41, 5.74) is 2.11. The Morgan fingerprint density at radius 1 is 1.37 bits per heavy atom. The van der Waals surface area contributed by atoms with Crippen molar-refractivity contribution in [3.63, 3.8) is 0 Å². The maximum absolute atomic E-state index is 10.0. The zero-order valence-electron chi connectivity index (χ0n) is 11.5. The largest absolute Gasteiger partial charge is 0.496 e. The van der Waals surface area contributed by atoms with Gasteiger partial charge in [0.2, 0.25) is 0 Å². The third kappa shape index (κ3) is 3.08. The molecule has 1 heterocycles. The van der Waals surface area contributed by atoms with E-state index in [1.54, 1.807) is 7.11 Å². The number of fused-ring (bicyclic) bond motifs is 1. The highest BCUT2D eigenvalue weighted by Crippen LogP contribution is 2.38. The molecule has 2 N–H and O–H groups in total. The molecule has 4 nitrogen and oxygen atoms in total. The molecule has 0 bridgehead atoms. The highest BCUT2D eigenvalue weighted by Gasteiger charge is 2.29. The number of aliphatic hydroxyl groups excluding tert-OH is 2. The Labute approximate surface area is 114 Å². The summed E-state index contributed by atoms with van der Waals surface area (Å²) in [5.74, 6) is 0.823. The molecule has 0 radical (unpaired) electrons. The van der Waals surface area contributed by atoms with Crippen molar-refractivity contribution in [3.05, 3.63) is 29.3 Å². The Hall–Kier alpha value is -1.10. The first-order chi connectivity index (χ1) is 9.17. The van der Waals surface area contributed by atoms with Gasteiger partial charge in [0, 0.05) is 12.0 Å². The molecular formula is C15H22O4. The van der Waals surface area contributed by atoms with Crippen LogP contribution in [0.25, 0.3) is 0 Å². The van der Waals surface area contributed by atoms with E-state index in [0.717, 1.165) is 23.3 Å². The van der Waals surface area contributed by atoms with Gasteiger partial charge in [-0.25, -0.2) is 0 Å². The van der Waals surface area contributed by atoms with Crippen LogP contribution in [0.3, 0.4) is 0 Å². The quantitative estimate of drug-likeness (QED) is 0.828. The minimum atomic E-state index is -0.748. The van der Waals surface area contributed by atoms with Crippen LogP contribution in [0, 0.1) is 0 Å². The molecule has 0 unspecified atom stereocenters. The van der Waals surface area contributed by atoms with E-state index in [1.165, 1.54) is 0 Å². The predicted molar refractivity (Wildman–Crippen MR) is 72.1 cm³/mol. The molecule has 1 aliphatic heterocycles. The van der Waals surface area contributed by atoms with Crippen molar-refractivity contribution in [2.45, 2.75) is 51.1 Å². The summed E-state index contributed by atoms with van der Waals surface area (Å²) in [6.07, 6.45) is 0.297. The van der Waals surface area contributed by atoms with Gasteiger partial charge >= 0.3 is 0 Å². The molecule has 0 aliphatic carbocycles. The normalized spacial score (nSPS) is 20.9. The minimum Gasteiger partial charge on any atom is -0.496 e. The lowest BCUT2D eigenvalue weighted by Gasteiger charge is -2.20. The molecule has 106 valence electrons. The molecule has 3 atom stereocenters. The number of methoxy groups -OCH3 is 1. The van der Waals surface area contributed by atoms with Crippen molar-refractivity contribution in [1.29, 1.82) is 0 Å². The topological polar surface area (TPSA) is 58.9 Å². The third-order valence-electron chi connectivity index (χ3n) is 3.65. The standard InChI is InChI=1S/C15H22O4/c1-3-5-12(16)13(17)8-15-10-6-4-7-14(18-2)11(10)9-19-15/h4,6-7,12-13,15-17H,3,5,8-9H2,1-2H3/t12-,13+,15+/m0/s1. The lowest BCUT2D eigenvalue weighted by atomic mass is 9.97. The number of benzene rings is 1. The summed E-state index contributed by atoms with van der Waals surface area (Å²) in [5, 5.41) is 19.8. The van der Waals surface area contributed by atoms with Crippen LogP contribution in [-0.4, -0.2) is 29.5 Å². The smallest absolute Gasteiger partial charge is 0.124 e. The molecule has 0 amide bonds. The molecule has 0 saturated heterocycles. The Kier molecular flexibility index (Phi) is 4.80. The van der Waals surface area contributed by atoms with Crippen LogP contribution < -0.4 is 4.74 Å². The summed E-state index contributed by atoms with van der Waals surface area (Å²) in [6, 6.07) is 5.83. The van der Waals surface area contributed by atoms with Gasteiger partial charge in [0.25, 0.3) is 0 Å². The fourth-order valence-corrected chi connectivity index (χ4v) is 2.56. The van der Waals surface area contributed by atoms with E-state index in [0.29, 0.717) is 19.4 Å². The van der Waals surface area contributed by atoms with Gasteiger partial charge in [-0.05, 0) is 18.1 Å². The number of rotatable bonds is 6. The van der Waals surface area contributed by atoms with Crippen LogP contribution in [0.1, 0.15) is 43.4 Å². The van der Waals surface area contributed by atoms with Crippen LogP contribution in [0.5, 0.6) is 5.75 Å². The first-order valence-electron chi connectivity index (χ1n) is 6.80. The van der Waals surface area contributed by atoms with Crippen LogP contribution in [0.4, 0.5) is 0 Å². The Morgan fingerprint density at radius 2 is 2.16 bits per heavy atom. The van der Waals surface area contributed by atoms with Gasteiger partial charge < -0.3 is 19.7 Å². The number of ether oxygens (including phenoxy) is 2. The molecule has 1 aromatic rings. The van der Waals surface area contributed by atoms with Crippen molar-refractivity contribution >= 4 is 0 Å². The molecular weight excluding hydrogens is 244 g/mol. The summed E-state index contributed by atoms with van der Waals surface area (Å²) in [7, 11) is 1.64. The molecule has 4 heteroatoms. The van der Waals surface area contributed by atoms with E-state index in [-0.39, 0.29) is 6.10 Å². The van der Waals surface area contributed by atoms with Gasteiger partial charge in [-0.3, -0.25) is 0 Å². The van der Waals surface area contributed by atoms with Crippen molar-refractivity contribution in [1.82, 2.24) is 0 Å². The average molecular weight is 266 g/mol. The van der Waals surface area contributed by atoms with E-state index < -0.39 is 12.2 Å². The van der Waals surface area contributed by atoms with E-state index in [1.807, 2.05) is 25.1 Å². The van der Waals surface area contributed by atoms with Gasteiger partial charge in [-0.1, -0.05) is 25.5 Å². The second kappa shape index (κ2) is 6.37. The molecule has 19 heavy (non-hydrogen) atoms. The van der Waals surface area contributed by atoms with Crippen molar-refractivity contribution in [3.8, 4) is 5.75 Å². The molecule has 0 aromatic heterocycles. The molecule has 0 saturated carbocycles. The average Bonchev–Trinajstić information content (AvgIpc) is 2.82. The lowest BCUT2D eigenvalue weighted by molar-refractivity contribution is -0.0334. The molecule has 1 aliphatic rings. The summed E-state index contributed by atoms with van der Waals surface area (Å²) >= 11 is 0. The predicted octanol–water partition coefficient (Wildman–Crippen LogP) is 2.18. The van der Waals surface area contributed by atoms with Crippen LogP contribution in [0.2, 0.25) is 0 Å². The maximum Gasteiger partial charge on any atom is 0.124 e. The van der Waals surface area contributed by atoms with E-state index in [4.69, 9.17) is 9.47 Å². The minimum absolute atomic E-state index is 0.161. The Morgan fingerprint density at radius 3 is 2.84 bits per heavy atom. The highest BCUT2D eigenvalue weighted by atomic mass is 16.5. The molecule has 2 rings (SSSR count). The second-order valence-electron chi connectivity index (χ2n) is 4.99. The number of hydrogen-bond acceptors (Lipinski definition) is 4.